The van der Waals surface area contributed by atoms with Gasteiger partial charge < -0.3 is 10.6 Å². The summed E-state index contributed by atoms with van der Waals surface area (Å²) in [5.41, 5.74) is 1.60. The van der Waals surface area contributed by atoms with Crippen molar-refractivity contribution in [1.82, 2.24) is 0 Å². The second-order valence-electron chi connectivity index (χ2n) is 6.10. The summed E-state index contributed by atoms with van der Waals surface area (Å²) in [5.74, 6) is -3.51. The molecule has 2 N–H and O–H groups in total. The minimum Gasteiger partial charge on any atom is -0.373 e. The average molecular weight is 405 g/mol. The van der Waals surface area contributed by atoms with Crippen molar-refractivity contribution in [1.29, 1.82) is 0 Å². The van der Waals surface area contributed by atoms with E-state index in [2.05, 4.69) is 10.6 Å². The lowest BCUT2D eigenvalue weighted by Gasteiger charge is -2.16. The fourth-order valence-electron chi connectivity index (χ4n) is 2.85. The van der Waals surface area contributed by atoms with E-state index in [9.17, 15) is 23.2 Å². The summed E-state index contributed by atoms with van der Waals surface area (Å²) in [7, 11) is 0. The summed E-state index contributed by atoms with van der Waals surface area (Å²) in [6, 6.07) is 11.9. The topological polar surface area (TPSA) is 78.5 Å². The van der Waals surface area contributed by atoms with E-state index in [0.29, 0.717) is 33.7 Å². The van der Waals surface area contributed by atoms with Crippen LogP contribution in [-0.4, -0.2) is 29.5 Å². The number of halogens is 2. The summed E-state index contributed by atoms with van der Waals surface area (Å²) >= 11 is 0.398. The fourth-order valence-corrected chi connectivity index (χ4v) is 3.35. The minimum atomic E-state index is -2.54. The largest absolute Gasteiger partial charge is 0.373 e. The number of carbonyl (C=O) groups is 3. The smallest absolute Gasteiger partial charge is 0.288 e. The first-order valence-corrected chi connectivity index (χ1v) is 9.27. The van der Waals surface area contributed by atoms with Crippen LogP contribution in [0.1, 0.15) is 13.3 Å². The molecule has 3 rings (SSSR count). The van der Waals surface area contributed by atoms with Gasteiger partial charge in [-0.3, -0.25) is 14.4 Å². The van der Waals surface area contributed by atoms with Crippen LogP contribution in [0.2, 0.25) is 0 Å². The van der Waals surface area contributed by atoms with Gasteiger partial charge in [-0.1, -0.05) is 11.8 Å². The van der Waals surface area contributed by atoms with Gasteiger partial charge in [-0.05, 0) is 48.5 Å². The maximum Gasteiger partial charge on any atom is 0.288 e. The molecule has 0 saturated carbocycles. The Hall–Kier alpha value is -2.94. The number of nitrogens with zero attached hydrogens (tertiary/aromatic N) is 1. The van der Waals surface area contributed by atoms with Crippen LogP contribution in [0.15, 0.2) is 53.4 Å². The third-order valence-electron chi connectivity index (χ3n) is 4.01. The zero-order valence-electron chi connectivity index (χ0n) is 14.8. The standard InChI is InChI=1S/C19H17F2N3O3S/c1-11(25)22-12-2-4-13(5-3-12)23-16-10-17(26)24(18(16)27)14-6-8-15(9-7-14)28-19(20)21/h2-9,16,19,23H,10H2,1H3,(H,22,25)/t16-/m0/s1. The van der Waals surface area contributed by atoms with Crippen molar-refractivity contribution in [3.8, 4) is 0 Å². The number of benzene rings is 2. The number of alkyl halides is 2. The van der Waals surface area contributed by atoms with E-state index in [0.717, 1.165) is 4.90 Å². The van der Waals surface area contributed by atoms with E-state index in [4.69, 9.17) is 0 Å². The van der Waals surface area contributed by atoms with Crippen molar-refractivity contribution in [3.63, 3.8) is 0 Å². The van der Waals surface area contributed by atoms with Gasteiger partial charge in [0, 0.05) is 23.2 Å². The van der Waals surface area contributed by atoms with E-state index in [1.54, 1.807) is 24.3 Å². The Bertz CT molecular complexity index is 888. The second-order valence-corrected chi connectivity index (χ2v) is 7.16. The van der Waals surface area contributed by atoms with Gasteiger partial charge in [-0.2, -0.15) is 8.78 Å². The van der Waals surface area contributed by atoms with Crippen molar-refractivity contribution in [2.24, 2.45) is 0 Å². The van der Waals surface area contributed by atoms with Crippen LogP contribution in [0.5, 0.6) is 0 Å². The molecule has 1 atom stereocenters. The molecular formula is C19H17F2N3O3S. The molecule has 1 aliphatic heterocycles. The highest BCUT2D eigenvalue weighted by atomic mass is 32.2. The van der Waals surface area contributed by atoms with Gasteiger partial charge in [0.2, 0.25) is 11.8 Å². The molecule has 1 heterocycles. The maximum atomic E-state index is 12.7. The number of imide groups is 1. The van der Waals surface area contributed by atoms with E-state index in [1.165, 1.54) is 31.2 Å². The molecule has 146 valence electrons. The van der Waals surface area contributed by atoms with Crippen molar-refractivity contribution in [3.05, 3.63) is 48.5 Å². The maximum absolute atomic E-state index is 12.7. The number of hydrogen-bond acceptors (Lipinski definition) is 5. The Morgan fingerprint density at radius 2 is 1.68 bits per heavy atom. The third-order valence-corrected chi connectivity index (χ3v) is 4.74. The summed E-state index contributed by atoms with van der Waals surface area (Å²) in [6.07, 6.45) is -0.0141. The van der Waals surface area contributed by atoms with E-state index in [-0.39, 0.29) is 18.2 Å². The zero-order valence-corrected chi connectivity index (χ0v) is 15.6. The van der Waals surface area contributed by atoms with Crippen molar-refractivity contribution >= 4 is 46.5 Å². The summed E-state index contributed by atoms with van der Waals surface area (Å²) < 4.78 is 24.8. The van der Waals surface area contributed by atoms with Gasteiger partial charge in [0.05, 0.1) is 12.1 Å². The van der Waals surface area contributed by atoms with Crippen LogP contribution >= 0.6 is 11.8 Å². The Kier molecular flexibility index (Phi) is 5.93. The fraction of sp³-hybridized carbons (Fsp3) is 0.211. The van der Waals surface area contributed by atoms with E-state index in [1.807, 2.05) is 0 Å². The molecule has 3 amide bonds. The molecule has 0 aliphatic carbocycles. The SMILES string of the molecule is CC(=O)Nc1ccc(N[C@H]2CC(=O)N(c3ccc(SC(F)F)cc3)C2=O)cc1. The molecular weight excluding hydrogens is 388 g/mol. The predicted molar refractivity (Wildman–Crippen MR) is 104 cm³/mol. The van der Waals surface area contributed by atoms with Crippen molar-refractivity contribution in [2.45, 2.75) is 30.0 Å². The van der Waals surface area contributed by atoms with Crippen LogP contribution in [0.25, 0.3) is 0 Å². The summed E-state index contributed by atoms with van der Waals surface area (Å²) in [5, 5.41) is 5.65. The van der Waals surface area contributed by atoms with Gasteiger partial charge >= 0.3 is 0 Å². The second kappa shape index (κ2) is 8.39. The molecule has 1 saturated heterocycles. The number of anilines is 3. The number of carbonyl (C=O) groups excluding carboxylic acids is 3. The van der Waals surface area contributed by atoms with Crippen LogP contribution < -0.4 is 15.5 Å². The normalized spacial score (nSPS) is 16.6. The Balaban J connectivity index is 1.68. The summed E-state index contributed by atoms with van der Waals surface area (Å²) in [6.45, 7) is 1.41. The molecule has 0 radical (unpaired) electrons. The molecule has 1 fully saturated rings. The molecule has 2 aromatic carbocycles. The molecule has 0 bridgehead atoms. The molecule has 0 spiro atoms. The monoisotopic (exact) mass is 405 g/mol. The van der Waals surface area contributed by atoms with E-state index < -0.39 is 17.7 Å². The predicted octanol–water partition coefficient (Wildman–Crippen LogP) is 3.70. The highest BCUT2D eigenvalue weighted by Crippen LogP contribution is 2.30. The summed E-state index contributed by atoms with van der Waals surface area (Å²) in [4.78, 5) is 37.4. The lowest BCUT2D eigenvalue weighted by molar-refractivity contribution is -0.121. The van der Waals surface area contributed by atoms with Crippen molar-refractivity contribution < 1.29 is 23.2 Å². The van der Waals surface area contributed by atoms with Gasteiger partial charge in [0.15, 0.2) is 0 Å². The van der Waals surface area contributed by atoms with Gasteiger partial charge in [-0.25, -0.2) is 4.90 Å². The third kappa shape index (κ3) is 4.66. The highest BCUT2D eigenvalue weighted by Gasteiger charge is 2.39. The number of thioether (sulfide) groups is 1. The van der Waals surface area contributed by atoms with Crippen LogP contribution in [0.3, 0.4) is 0 Å². The Labute approximate surface area is 164 Å². The quantitative estimate of drug-likeness (QED) is 0.566. The number of rotatable bonds is 6. The van der Waals surface area contributed by atoms with Crippen LogP contribution in [0, 0.1) is 0 Å². The molecule has 0 aromatic heterocycles. The lowest BCUT2D eigenvalue weighted by atomic mass is 10.2. The average Bonchev–Trinajstić information content (AvgIpc) is 2.90. The van der Waals surface area contributed by atoms with E-state index >= 15 is 0 Å². The molecule has 9 heteroatoms. The van der Waals surface area contributed by atoms with Crippen LogP contribution in [-0.2, 0) is 14.4 Å². The van der Waals surface area contributed by atoms with Gasteiger partial charge in [0.25, 0.3) is 11.7 Å². The zero-order chi connectivity index (χ0) is 20.3. The van der Waals surface area contributed by atoms with Crippen molar-refractivity contribution in [2.75, 3.05) is 15.5 Å². The first-order chi connectivity index (χ1) is 13.3. The number of hydrogen-bond donors (Lipinski definition) is 2. The molecule has 28 heavy (non-hydrogen) atoms. The molecule has 6 nitrogen and oxygen atoms in total. The number of nitrogens with one attached hydrogen (secondary N) is 2. The lowest BCUT2D eigenvalue weighted by Crippen LogP contribution is -2.34. The number of amides is 3. The molecule has 2 aromatic rings. The molecule has 0 unspecified atom stereocenters. The van der Waals surface area contributed by atoms with Gasteiger partial charge in [0.1, 0.15) is 6.04 Å². The van der Waals surface area contributed by atoms with Gasteiger partial charge in [-0.15, -0.1) is 0 Å². The Morgan fingerprint density at radius 3 is 2.25 bits per heavy atom. The first kappa shape index (κ1) is 19.8. The highest BCUT2D eigenvalue weighted by molar-refractivity contribution is 7.99. The first-order valence-electron chi connectivity index (χ1n) is 8.39. The Morgan fingerprint density at radius 1 is 1.07 bits per heavy atom. The molecule has 1 aliphatic rings. The van der Waals surface area contributed by atoms with Crippen LogP contribution in [0.4, 0.5) is 25.8 Å². The minimum absolute atomic E-state index is 0.0141.